The quantitative estimate of drug-likeness (QED) is 0.702. The number of carbonyl (C=O) groups excluding carboxylic acids is 1. The van der Waals surface area contributed by atoms with Gasteiger partial charge in [0.2, 0.25) is 12.7 Å². The molecule has 136 valence electrons. The molecule has 1 aliphatic rings. The molecule has 1 amide bonds. The standard InChI is InChI=1S/C20H17N3O4/c24-20(12-23-13-22-16-5-1-2-6-17(16)23)21-9-3-4-10-25-15-7-8-18-19(11-15)27-14-26-18/h1-2,5-8,11,13H,9-10,12,14H2,(H,21,24). The molecule has 0 radical (unpaired) electrons. The Morgan fingerprint density at radius 1 is 1.19 bits per heavy atom. The van der Waals surface area contributed by atoms with Crippen molar-refractivity contribution in [1.82, 2.24) is 14.9 Å². The second-order valence-electron chi connectivity index (χ2n) is 5.80. The zero-order valence-corrected chi connectivity index (χ0v) is 14.5. The number of fused-ring (bicyclic) bond motifs is 2. The predicted molar refractivity (Wildman–Crippen MR) is 98.6 cm³/mol. The van der Waals surface area contributed by atoms with E-state index in [0.29, 0.717) is 17.2 Å². The van der Waals surface area contributed by atoms with Crippen LogP contribution in [-0.2, 0) is 11.3 Å². The monoisotopic (exact) mass is 363 g/mol. The first-order valence-corrected chi connectivity index (χ1v) is 8.44. The van der Waals surface area contributed by atoms with Crippen LogP contribution in [0.4, 0.5) is 0 Å². The molecule has 0 unspecified atom stereocenters. The maximum Gasteiger partial charge on any atom is 0.240 e. The minimum Gasteiger partial charge on any atom is -0.481 e. The molecule has 2 aromatic carbocycles. The second-order valence-corrected chi connectivity index (χ2v) is 5.80. The Morgan fingerprint density at radius 3 is 3.04 bits per heavy atom. The second kappa shape index (κ2) is 7.70. The van der Waals surface area contributed by atoms with Crippen LogP contribution in [0.15, 0.2) is 48.8 Å². The maximum absolute atomic E-state index is 12.0. The van der Waals surface area contributed by atoms with Crippen LogP contribution in [-0.4, -0.2) is 35.4 Å². The van der Waals surface area contributed by atoms with E-state index in [1.54, 1.807) is 29.1 Å². The van der Waals surface area contributed by atoms with E-state index in [0.717, 1.165) is 11.0 Å². The molecule has 7 heteroatoms. The van der Waals surface area contributed by atoms with Crippen molar-refractivity contribution in [1.29, 1.82) is 0 Å². The summed E-state index contributed by atoms with van der Waals surface area (Å²) < 4.78 is 17.9. The fourth-order valence-corrected chi connectivity index (χ4v) is 2.69. The number of aromatic nitrogens is 2. The number of nitrogens with one attached hydrogen (secondary N) is 1. The number of benzene rings is 2. The van der Waals surface area contributed by atoms with E-state index in [1.165, 1.54) is 0 Å². The number of rotatable bonds is 5. The first-order valence-electron chi connectivity index (χ1n) is 8.44. The lowest BCUT2D eigenvalue weighted by Gasteiger charge is -2.04. The van der Waals surface area contributed by atoms with Crippen molar-refractivity contribution in [3.05, 3.63) is 48.8 Å². The molecule has 0 atom stereocenters. The zero-order chi connectivity index (χ0) is 18.5. The van der Waals surface area contributed by atoms with Crippen molar-refractivity contribution in [2.75, 3.05) is 19.9 Å². The summed E-state index contributed by atoms with van der Waals surface area (Å²) in [6.45, 7) is 0.917. The van der Waals surface area contributed by atoms with Gasteiger partial charge in [-0.3, -0.25) is 4.79 Å². The van der Waals surface area contributed by atoms with Crippen molar-refractivity contribution >= 4 is 16.9 Å². The third-order valence-electron chi connectivity index (χ3n) is 4.00. The van der Waals surface area contributed by atoms with Crippen LogP contribution >= 0.6 is 0 Å². The minimum absolute atomic E-state index is 0.121. The molecule has 7 nitrogen and oxygen atoms in total. The van der Waals surface area contributed by atoms with Crippen LogP contribution in [0.25, 0.3) is 11.0 Å². The summed E-state index contributed by atoms with van der Waals surface area (Å²) in [7, 11) is 0. The van der Waals surface area contributed by atoms with Crippen molar-refractivity contribution in [2.24, 2.45) is 0 Å². The van der Waals surface area contributed by atoms with E-state index in [9.17, 15) is 4.79 Å². The summed E-state index contributed by atoms with van der Waals surface area (Å²) >= 11 is 0. The fourth-order valence-electron chi connectivity index (χ4n) is 2.69. The average Bonchev–Trinajstić information content (AvgIpc) is 3.31. The van der Waals surface area contributed by atoms with Gasteiger partial charge in [0.25, 0.3) is 0 Å². The molecular formula is C20H17N3O4. The minimum atomic E-state index is -0.121. The third kappa shape index (κ3) is 3.96. The number of amides is 1. The van der Waals surface area contributed by atoms with Crippen LogP contribution in [0.2, 0.25) is 0 Å². The lowest BCUT2D eigenvalue weighted by molar-refractivity contribution is -0.121. The van der Waals surface area contributed by atoms with Gasteiger partial charge in [0.05, 0.1) is 23.9 Å². The largest absolute Gasteiger partial charge is 0.481 e. The molecule has 0 saturated heterocycles. The number of nitrogens with zero attached hydrogens (tertiary/aromatic N) is 2. The number of carbonyl (C=O) groups is 1. The van der Waals surface area contributed by atoms with Crippen molar-refractivity contribution in [2.45, 2.75) is 6.54 Å². The van der Waals surface area contributed by atoms with E-state index in [-0.39, 0.29) is 32.4 Å². The number of hydrogen-bond donors (Lipinski definition) is 1. The molecule has 1 N–H and O–H groups in total. The van der Waals surface area contributed by atoms with Gasteiger partial charge in [-0.05, 0) is 24.3 Å². The van der Waals surface area contributed by atoms with Crippen molar-refractivity contribution in [3.8, 4) is 29.1 Å². The smallest absolute Gasteiger partial charge is 0.240 e. The summed E-state index contributed by atoms with van der Waals surface area (Å²) in [4.78, 5) is 16.3. The Bertz CT molecular complexity index is 1030. The molecule has 4 rings (SSSR count). The first kappa shape index (κ1) is 16.8. The topological polar surface area (TPSA) is 74.6 Å². The first-order chi connectivity index (χ1) is 13.3. The molecule has 1 aliphatic heterocycles. The molecular weight excluding hydrogens is 346 g/mol. The van der Waals surface area contributed by atoms with Crippen LogP contribution in [0.3, 0.4) is 0 Å². The maximum atomic E-state index is 12.0. The summed E-state index contributed by atoms with van der Waals surface area (Å²) in [6.07, 6.45) is 1.66. The number of hydrogen-bond acceptors (Lipinski definition) is 5. The van der Waals surface area contributed by atoms with E-state index in [4.69, 9.17) is 14.2 Å². The van der Waals surface area contributed by atoms with Crippen molar-refractivity contribution in [3.63, 3.8) is 0 Å². The highest BCUT2D eigenvalue weighted by molar-refractivity contribution is 5.80. The molecule has 0 fully saturated rings. The number of para-hydroxylation sites is 2. The highest BCUT2D eigenvalue weighted by Crippen LogP contribution is 2.34. The molecule has 27 heavy (non-hydrogen) atoms. The summed E-state index contributed by atoms with van der Waals surface area (Å²) in [5.41, 5.74) is 1.79. The fraction of sp³-hybridized carbons (Fsp3) is 0.200. The SMILES string of the molecule is O=C(Cn1cnc2ccccc21)NCC#CCOc1ccc2c(c1)OCO2. The third-order valence-corrected chi connectivity index (χ3v) is 4.00. The Kier molecular flexibility index (Phi) is 4.79. The van der Waals surface area contributed by atoms with Gasteiger partial charge in [-0.2, -0.15) is 0 Å². The van der Waals surface area contributed by atoms with E-state index >= 15 is 0 Å². The zero-order valence-electron chi connectivity index (χ0n) is 14.5. The predicted octanol–water partition coefficient (Wildman–Crippen LogP) is 1.96. The van der Waals surface area contributed by atoms with Crippen LogP contribution in [0, 0.1) is 11.8 Å². The van der Waals surface area contributed by atoms with Gasteiger partial charge in [-0.1, -0.05) is 24.0 Å². The lowest BCUT2D eigenvalue weighted by atomic mass is 10.3. The van der Waals surface area contributed by atoms with Crippen LogP contribution in [0.5, 0.6) is 17.2 Å². The van der Waals surface area contributed by atoms with Crippen LogP contribution < -0.4 is 19.5 Å². The van der Waals surface area contributed by atoms with Crippen molar-refractivity contribution < 1.29 is 19.0 Å². The van der Waals surface area contributed by atoms with Gasteiger partial charge in [-0.15, -0.1) is 0 Å². The van der Waals surface area contributed by atoms with Gasteiger partial charge >= 0.3 is 0 Å². The number of imidazole rings is 1. The van der Waals surface area contributed by atoms with Gasteiger partial charge in [0, 0.05) is 6.07 Å². The van der Waals surface area contributed by atoms with Gasteiger partial charge in [0.1, 0.15) is 18.9 Å². The average molecular weight is 363 g/mol. The molecule has 1 aromatic heterocycles. The Morgan fingerprint density at radius 2 is 2.07 bits per heavy atom. The summed E-state index contributed by atoms with van der Waals surface area (Å²) in [6, 6.07) is 13.0. The van der Waals surface area contributed by atoms with Gasteiger partial charge in [-0.25, -0.2) is 4.98 Å². The van der Waals surface area contributed by atoms with Crippen LogP contribution in [0.1, 0.15) is 0 Å². The summed E-state index contributed by atoms with van der Waals surface area (Å²) in [5, 5.41) is 2.77. The molecule has 3 aromatic rings. The number of ether oxygens (including phenoxy) is 3. The molecule has 0 bridgehead atoms. The van der Waals surface area contributed by atoms with Gasteiger partial charge < -0.3 is 24.1 Å². The highest BCUT2D eigenvalue weighted by atomic mass is 16.7. The molecule has 0 spiro atoms. The summed E-state index contributed by atoms with van der Waals surface area (Å²) in [5.74, 6) is 7.65. The Hall–Kier alpha value is -3.66. The Balaban J connectivity index is 1.21. The Labute approximate surface area is 155 Å². The van der Waals surface area contributed by atoms with E-state index in [2.05, 4.69) is 22.1 Å². The van der Waals surface area contributed by atoms with Gasteiger partial charge in [0.15, 0.2) is 11.5 Å². The van der Waals surface area contributed by atoms with E-state index < -0.39 is 0 Å². The molecule has 0 saturated carbocycles. The normalized spacial score (nSPS) is 11.7. The molecule has 0 aliphatic carbocycles. The highest BCUT2D eigenvalue weighted by Gasteiger charge is 2.13. The lowest BCUT2D eigenvalue weighted by Crippen LogP contribution is -2.27. The molecule has 2 heterocycles. The van der Waals surface area contributed by atoms with E-state index in [1.807, 2.05) is 24.3 Å².